The number of hydrogen-bond donors (Lipinski definition) is 5. The number of fused-ring (bicyclic) bond motifs is 2. The van der Waals surface area contributed by atoms with Gasteiger partial charge in [0.15, 0.2) is 6.10 Å². The third kappa shape index (κ3) is 2.88. The first-order valence-corrected chi connectivity index (χ1v) is 8.00. The Kier molecular flexibility index (Phi) is 4.28. The second-order valence-corrected chi connectivity index (χ2v) is 6.04. The molecule has 0 saturated heterocycles. The number of aliphatic hydroxyl groups is 1. The molecule has 0 amide bonds. The molecule has 0 bridgehead atoms. The van der Waals surface area contributed by atoms with Gasteiger partial charge in [-0.1, -0.05) is 6.08 Å². The number of nitrogens with one attached hydrogen (secondary N) is 1. The topological polar surface area (TPSA) is 131 Å². The highest BCUT2D eigenvalue weighted by Crippen LogP contribution is 2.44. The highest BCUT2D eigenvalue weighted by molar-refractivity contribution is 5.88. The molecule has 1 aromatic rings. The van der Waals surface area contributed by atoms with E-state index in [1.807, 2.05) is 13.0 Å². The van der Waals surface area contributed by atoms with E-state index in [0.717, 1.165) is 11.3 Å². The Morgan fingerprint density at radius 3 is 2.84 bits per heavy atom. The van der Waals surface area contributed by atoms with Crippen LogP contribution in [0.4, 0.5) is 11.4 Å². The molecule has 0 aromatic heterocycles. The molecule has 2 atom stereocenters. The zero-order valence-electron chi connectivity index (χ0n) is 13.8. The van der Waals surface area contributed by atoms with Crippen LogP contribution in [0.2, 0.25) is 0 Å². The third-order valence-electron chi connectivity index (χ3n) is 4.38. The zero-order valence-corrected chi connectivity index (χ0v) is 13.8. The number of rotatable bonds is 5. The van der Waals surface area contributed by atoms with Crippen LogP contribution >= 0.6 is 0 Å². The molecule has 7 nitrogen and oxygen atoms in total. The summed E-state index contributed by atoms with van der Waals surface area (Å²) in [5, 5.41) is 22.3. The summed E-state index contributed by atoms with van der Waals surface area (Å²) < 4.78 is 5.92. The number of aliphatic carboxylic acids is 1. The number of anilines is 2. The van der Waals surface area contributed by atoms with Gasteiger partial charge < -0.3 is 31.7 Å². The molecule has 132 valence electrons. The second-order valence-electron chi connectivity index (χ2n) is 6.04. The SMILES string of the molecule is CCOC1(CC(O)C(=O)O)C=CC=C2Nc3cc(N)ccc3C(N)=C21. The average molecular weight is 343 g/mol. The molecule has 7 N–H and O–H groups in total. The number of ether oxygens (including phenoxy) is 1. The summed E-state index contributed by atoms with van der Waals surface area (Å²) in [7, 11) is 0. The number of carbonyl (C=O) groups is 1. The molecule has 1 heterocycles. The Morgan fingerprint density at radius 2 is 2.16 bits per heavy atom. The maximum atomic E-state index is 11.2. The molecule has 3 rings (SSSR count). The number of carboxylic acids is 1. The van der Waals surface area contributed by atoms with Crippen LogP contribution in [0, 0.1) is 0 Å². The predicted molar refractivity (Wildman–Crippen MR) is 95.4 cm³/mol. The smallest absolute Gasteiger partial charge is 0.332 e. The minimum atomic E-state index is -1.58. The molecular weight excluding hydrogens is 322 g/mol. The van der Waals surface area contributed by atoms with Crippen molar-refractivity contribution in [3.05, 3.63) is 53.3 Å². The van der Waals surface area contributed by atoms with Crippen molar-refractivity contribution in [2.24, 2.45) is 5.73 Å². The van der Waals surface area contributed by atoms with Gasteiger partial charge in [-0.3, -0.25) is 0 Å². The van der Waals surface area contributed by atoms with Crippen molar-refractivity contribution in [1.29, 1.82) is 0 Å². The molecule has 2 unspecified atom stereocenters. The normalized spacial score (nSPS) is 22.6. The summed E-state index contributed by atoms with van der Waals surface area (Å²) in [5.41, 5.74) is 15.0. The second kappa shape index (κ2) is 6.27. The van der Waals surface area contributed by atoms with Crippen LogP contribution in [0.3, 0.4) is 0 Å². The molecule has 7 heteroatoms. The van der Waals surface area contributed by atoms with Crippen LogP contribution in [0.25, 0.3) is 5.70 Å². The summed E-state index contributed by atoms with van der Waals surface area (Å²) in [6.07, 6.45) is 3.60. The molecule has 0 fully saturated rings. The van der Waals surface area contributed by atoms with Crippen LogP contribution in [-0.4, -0.2) is 34.5 Å². The van der Waals surface area contributed by atoms with Crippen LogP contribution in [0.15, 0.2) is 47.7 Å². The van der Waals surface area contributed by atoms with Gasteiger partial charge in [-0.05, 0) is 37.3 Å². The highest BCUT2D eigenvalue weighted by atomic mass is 16.5. The van der Waals surface area contributed by atoms with E-state index in [0.29, 0.717) is 29.3 Å². The zero-order chi connectivity index (χ0) is 18.2. The van der Waals surface area contributed by atoms with Gasteiger partial charge in [0.1, 0.15) is 5.60 Å². The lowest BCUT2D eigenvalue weighted by Crippen LogP contribution is -2.43. The lowest BCUT2D eigenvalue weighted by Gasteiger charge is -2.40. The number of hydrogen-bond acceptors (Lipinski definition) is 6. The maximum absolute atomic E-state index is 11.2. The van der Waals surface area contributed by atoms with E-state index < -0.39 is 17.7 Å². The minimum Gasteiger partial charge on any atom is -0.479 e. The van der Waals surface area contributed by atoms with Gasteiger partial charge in [0.05, 0.1) is 0 Å². The van der Waals surface area contributed by atoms with Crippen molar-refractivity contribution in [3.63, 3.8) is 0 Å². The first-order chi connectivity index (χ1) is 11.9. The van der Waals surface area contributed by atoms with E-state index in [1.165, 1.54) is 0 Å². The monoisotopic (exact) mass is 343 g/mol. The van der Waals surface area contributed by atoms with Gasteiger partial charge >= 0.3 is 5.97 Å². The largest absolute Gasteiger partial charge is 0.479 e. The fourth-order valence-electron chi connectivity index (χ4n) is 3.33. The van der Waals surface area contributed by atoms with Crippen molar-refractivity contribution < 1.29 is 19.7 Å². The summed E-state index contributed by atoms with van der Waals surface area (Å²) in [5.74, 6) is -1.31. The van der Waals surface area contributed by atoms with Crippen molar-refractivity contribution in [2.75, 3.05) is 17.7 Å². The van der Waals surface area contributed by atoms with Gasteiger partial charge in [0.25, 0.3) is 0 Å². The lowest BCUT2D eigenvalue weighted by molar-refractivity contribution is -0.149. The highest BCUT2D eigenvalue weighted by Gasteiger charge is 2.43. The molecule has 1 aromatic carbocycles. The van der Waals surface area contributed by atoms with E-state index in [9.17, 15) is 9.90 Å². The number of benzene rings is 1. The Bertz CT molecular complexity index is 813. The Balaban J connectivity index is 2.16. The summed E-state index contributed by atoms with van der Waals surface area (Å²) >= 11 is 0. The number of nitrogens with two attached hydrogens (primary N) is 2. The number of allylic oxidation sites excluding steroid dienone is 2. The first-order valence-electron chi connectivity index (χ1n) is 8.00. The van der Waals surface area contributed by atoms with Gasteiger partial charge in [-0.2, -0.15) is 0 Å². The molecule has 0 saturated carbocycles. The van der Waals surface area contributed by atoms with Crippen molar-refractivity contribution >= 4 is 23.0 Å². The van der Waals surface area contributed by atoms with Crippen molar-refractivity contribution in [3.8, 4) is 0 Å². The van der Waals surface area contributed by atoms with Crippen molar-refractivity contribution in [1.82, 2.24) is 0 Å². The van der Waals surface area contributed by atoms with Crippen LogP contribution < -0.4 is 16.8 Å². The summed E-state index contributed by atoms with van der Waals surface area (Å²) in [6.45, 7) is 2.14. The average Bonchev–Trinajstić information content (AvgIpc) is 2.54. The van der Waals surface area contributed by atoms with Gasteiger partial charge in [-0.25, -0.2) is 4.79 Å². The Labute approximate surface area is 145 Å². The molecule has 0 spiro atoms. The van der Waals surface area contributed by atoms with Crippen LogP contribution in [0.5, 0.6) is 0 Å². The van der Waals surface area contributed by atoms with Gasteiger partial charge in [0, 0.05) is 46.9 Å². The standard InChI is InChI=1S/C18H21N3O4/c1-2-25-18(9-14(22)17(23)24)7-3-4-12-15(18)16(20)11-6-5-10(19)8-13(11)21-12/h3-8,14,21-22H,2,9,19-20H2,1H3,(H,23,24). The van der Waals surface area contributed by atoms with Gasteiger partial charge in [-0.15, -0.1) is 0 Å². The Hall–Kier alpha value is -2.77. The van der Waals surface area contributed by atoms with Crippen LogP contribution in [0.1, 0.15) is 18.9 Å². The lowest BCUT2D eigenvalue weighted by atomic mass is 9.78. The summed E-state index contributed by atoms with van der Waals surface area (Å²) in [4.78, 5) is 11.2. The fourth-order valence-corrected chi connectivity index (χ4v) is 3.33. The van der Waals surface area contributed by atoms with Gasteiger partial charge in [0.2, 0.25) is 0 Å². The van der Waals surface area contributed by atoms with Crippen molar-refractivity contribution in [2.45, 2.75) is 25.0 Å². The van der Waals surface area contributed by atoms with E-state index in [2.05, 4.69) is 5.32 Å². The number of nitrogen functional groups attached to an aromatic ring is 1. The quantitative estimate of drug-likeness (QED) is 0.511. The number of aliphatic hydroxyl groups excluding tert-OH is 1. The predicted octanol–water partition coefficient (Wildman–Crippen LogP) is 1.43. The summed E-state index contributed by atoms with van der Waals surface area (Å²) in [6, 6.07) is 5.34. The van der Waals surface area contributed by atoms with E-state index in [4.69, 9.17) is 21.3 Å². The fraction of sp³-hybridized carbons (Fsp3) is 0.278. The molecular formula is C18H21N3O4. The molecule has 1 aliphatic heterocycles. The maximum Gasteiger partial charge on any atom is 0.332 e. The number of carboxylic acid groups (broad SMARTS) is 1. The molecule has 0 radical (unpaired) electrons. The van der Waals surface area contributed by atoms with E-state index in [-0.39, 0.29) is 6.42 Å². The minimum absolute atomic E-state index is 0.147. The third-order valence-corrected chi connectivity index (χ3v) is 4.38. The van der Waals surface area contributed by atoms with Crippen LogP contribution in [-0.2, 0) is 9.53 Å². The molecule has 1 aliphatic carbocycles. The Morgan fingerprint density at radius 1 is 1.40 bits per heavy atom. The molecule has 2 aliphatic rings. The van der Waals surface area contributed by atoms with E-state index >= 15 is 0 Å². The molecule has 25 heavy (non-hydrogen) atoms. The first kappa shape index (κ1) is 17.1. The van der Waals surface area contributed by atoms with E-state index in [1.54, 1.807) is 30.4 Å².